The van der Waals surface area contributed by atoms with Gasteiger partial charge in [0.2, 0.25) is 5.91 Å². The Morgan fingerprint density at radius 2 is 1.77 bits per heavy atom. The highest BCUT2D eigenvalue weighted by atomic mass is 16.5. The van der Waals surface area contributed by atoms with Gasteiger partial charge in [-0.1, -0.05) is 56.3 Å². The summed E-state index contributed by atoms with van der Waals surface area (Å²) in [7, 11) is -1.63. The molecule has 40 heavy (non-hydrogen) atoms. The molecule has 0 radical (unpaired) electrons. The lowest BCUT2D eigenvalue weighted by Gasteiger charge is -2.35. The maximum absolute atomic E-state index is 13.0. The van der Waals surface area contributed by atoms with Crippen molar-refractivity contribution >= 4 is 13.0 Å². The second-order valence-corrected chi connectivity index (χ2v) is 11.0. The van der Waals surface area contributed by atoms with E-state index in [0.29, 0.717) is 18.7 Å². The fourth-order valence-corrected chi connectivity index (χ4v) is 5.18. The highest BCUT2D eigenvalue weighted by Gasteiger charge is 2.27. The first kappa shape index (κ1) is 29.8. The summed E-state index contributed by atoms with van der Waals surface area (Å²) in [6.45, 7) is 11.3. The van der Waals surface area contributed by atoms with Crippen LogP contribution < -0.4 is 10.1 Å². The van der Waals surface area contributed by atoms with Gasteiger partial charge in [-0.25, -0.2) is 0 Å². The number of nitrogens with one attached hydrogen (secondary N) is 1. The zero-order chi connectivity index (χ0) is 28.6. The van der Waals surface area contributed by atoms with E-state index in [1.54, 1.807) is 4.68 Å². The maximum atomic E-state index is 13.0. The molecule has 3 aromatic rings. The number of carbonyl (C=O) groups is 1. The molecule has 0 bridgehead atoms. The molecule has 2 heterocycles. The van der Waals surface area contributed by atoms with Gasteiger partial charge in [0.1, 0.15) is 18.9 Å². The van der Waals surface area contributed by atoms with Gasteiger partial charge in [-0.15, -0.1) is 0 Å². The van der Waals surface area contributed by atoms with Crippen LogP contribution in [-0.2, 0) is 16.1 Å². The number of morpholine rings is 1. The zero-order valence-electron chi connectivity index (χ0n) is 23.9. The second-order valence-electron chi connectivity index (χ2n) is 11.0. The third-order valence-electron chi connectivity index (χ3n) is 6.88. The monoisotopic (exact) mass is 548 g/mol. The molecule has 1 aromatic heterocycles. The summed E-state index contributed by atoms with van der Waals surface area (Å²) in [4.78, 5) is 15.3. The predicted molar refractivity (Wildman–Crippen MR) is 157 cm³/mol. The minimum Gasteiger partial charge on any atom is -0.492 e. The average molecular weight is 548 g/mol. The van der Waals surface area contributed by atoms with Gasteiger partial charge >= 0.3 is 7.12 Å². The molecule has 2 aromatic carbocycles. The highest BCUT2D eigenvalue weighted by Crippen LogP contribution is 2.28. The Kier molecular flexibility index (Phi) is 10.4. The van der Waals surface area contributed by atoms with E-state index in [0.717, 1.165) is 42.2 Å². The number of rotatable bonds is 12. The number of aromatic nitrogens is 2. The van der Waals surface area contributed by atoms with Gasteiger partial charge in [-0.05, 0) is 49.9 Å². The topological polar surface area (TPSA) is 109 Å². The lowest BCUT2D eigenvalue weighted by Crippen LogP contribution is -2.48. The molecule has 10 heteroatoms. The fourth-order valence-electron chi connectivity index (χ4n) is 5.18. The summed E-state index contributed by atoms with van der Waals surface area (Å²) in [5.74, 6) is -0.137. The summed E-state index contributed by atoms with van der Waals surface area (Å²) >= 11 is 0. The minimum absolute atomic E-state index is 0.0574. The van der Waals surface area contributed by atoms with Crippen molar-refractivity contribution < 1.29 is 24.3 Å². The van der Waals surface area contributed by atoms with Crippen LogP contribution in [0.5, 0.6) is 5.75 Å². The number of carbonyl (C=O) groups excluding carboxylic acids is 1. The second kappa shape index (κ2) is 13.9. The molecule has 0 saturated carbocycles. The number of benzene rings is 2. The van der Waals surface area contributed by atoms with E-state index in [1.165, 1.54) is 0 Å². The van der Waals surface area contributed by atoms with E-state index < -0.39 is 13.1 Å². The molecule has 1 amide bonds. The Morgan fingerprint density at radius 1 is 1.07 bits per heavy atom. The molecular formula is C30H41BN4O5. The zero-order valence-corrected chi connectivity index (χ0v) is 23.9. The van der Waals surface area contributed by atoms with E-state index in [9.17, 15) is 14.8 Å². The van der Waals surface area contributed by atoms with Crippen molar-refractivity contribution in [2.24, 2.45) is 5.92 Å². The van der Waals surface area contributed by atoms with E-state index in [2.05, 4.69) is 24.1 Å². The molecule has 1 aliphatic heterocycles. The van der Waals surface area contributed by atoms with E-state index >= 15 is 0 Å². The standard InChI is InChI=1S/C30H41BN4O5/c1-21(2)15-29(31(37)38)32-30(36)20-35-28(24-9-6-5-7-10-24)17-27(33-35)25-11-8-12-26(16-25)39-14-13-34-18-22(3)40-23(4)19-34/h5-12,16-17,21-23,29,37-38H,13-15,18-20H2,1-4H3,(H,32,36)/t22-,23?,29+/m1/s1. The number of ether oxygens (including phenoxy) is 2. The number of hydrogen-bond acceptors (Lipinski definition) is 7. The first-order valence-corrected chi connectivity index (χ1v) is 14.1. The van der Waals surface area contributed by atoms with Crippen LogP contribution in [0.25, 0.3) is 22.5 Å². The maximum Gasteiger partial charge on any atom is 0.475 e. The summed E-state index contributed by atoms with van der Waals surface area (Å²) in [6.07, 6.45) is 0.895. The number of nitrogens with zero attached hydrogens (tertiary/aromatic N) is 3. The summed E-state index contributed by atoms with van der Waals surface area (Å²) < 4.78 is 13.6. The largest absolute Gasteiger partial charge is 0.492 e. The first-order chi connectivity index (χ1) is 19.2. The quantitative estimate of drug-likeness (QED) is 0.298. The molecule has 214 valence electrons. The van der Waals surface area contributed by atoms with Crippen LogP contribution in [0.15, 0.2) is 60.7 Å². The van der Waals surface area contributed by atoms with Crippen LogP contribution in [0.4, 0.5) is 0 Å². The van der Waals surface area contributed by atoms with Crippen molar-refractivity contribution in [3.8, 4) is 28.3 Å². The minimum atomic E-state index is -1.63. The molecular weight excluding hydrogens is 507 g/mol. The molecule has 3 N–H and O–H groups in total. The highest BCUT2D eigenvalue weighted by molar-refractivity contribution is 6.43. The van der Waals surface area contributed by atoms with Crippen LogP contribution >= 0.6 is 0 Å². The fraction of sp³-hybridized carbons (Fsp3) is 0.467. The lowest BCUT2D eigenvalue weighted by atomic mass is 9.75. The van der Waals surface area contributed by atoms with Gasteiger partial charge in [-0.2, -0.15) is 5.10 Å². The molecule has 1 fully saturated rings. The Bertz CT molecular complexity index is 1230. The molecule has 1 unspecified atom stereocenters. The smallest absolute Gasteiger partial charge is 0.475 e. The van der Waals surface area contributed by atoms with Crippen LogP contribution in [0.3, 0.4) is 0 Å². The molecule has 0 spiro atoms. The van der Waals surface area contributed by atoms with E-state index in [-0.39, 0.29) is 30.6 Å². The van der Waals surface area contributed by atoms with E-state index in [4.69, 9.17) is 14.6 Å². The Morgan fingerprint density at radius 3 is 2.45 bits per heavy atom. The van der Waals surface area contributed by atoms with Crippen LogP contribution in [0.2, 0.25) is 0 Å². The summed E-state index contributed by atoms with van der Waals surface area (Å²) in [5.41, 5.74) is 3.31. The SMILES string of the molecule is CC(C)C[C@H](NC(=O)Cn1nc(-c2cccc(OCCN3CC(C)O[C@H](C)C3)c2)cc1-c1ccccc1)B(O)O. The van der Waals surface area contributed by atoms with Crippen LogP contribution in [-0.4, -0.2) is 82.1 Å². The molecule has 1 aliphatic rings. The van der Waals surface area contributed by atoms with Gasteiger partial charge in [0, 0.05) is 25.2 Å². The Labute approximate surface area is 237 Å². The molecule has 4 rings (SSSR count). The van der Waals surface area contributed by atoms with Crippen molar-refractivity contribution in [1.82, 2.24) is 20.0 Å². The first-order valence-electron chi connectivity index (χ1n) is 14.1. The molecule has 9 nitrogen and oxygen atoms in total. The van der Waals surface area contributed by atoms with Crippen molar-refractivity contribution in [1.29, 1.82) is 0 Å². The van der Waals surface area contributed by atoms with Crippen molar-refractivity contribution in [2.75, 3.05) is 26.2 Å². The van der Waals surface area contributed by atoms with E-state index in [1.807, 2.05) is 74.5 Å². The number of amides is 1. The van der Waals surface area contributed by atoms with Gasteiger partial charge in [-0.3, -0.25) is 14.4 Å². The third-order valence-corrected chi connectivity index (χ3v) is 6.88. The molecule has 1 saturated heterocycles. The van der Waals surface area contributed by atoms with Crippen molar-refractivity contribution in [3.63, 3.8) is 0 Å². The van der Waals surface area contributed by atoms with Gasteiger partial charge in [0.15, 0.2) is 0 Å². The lowest BCUT2D eigenvalue weighted by molar-refractivity contribution is -0.122. The third kappa shape index (κ3) is 8.41. The predicted octanol–water partition coefficient (Wildman–Crippen LogP) is 3.25. The normalized spacial score (nSPS) is 18.5. The van der Waals surface area contributed by atoms with Crippen LogP contribution in [0, 0.1) is 5.92 Å². The van der Waals surface area contributed by atoms with Gasteiger partial charge < -0.3 is 24.8 Å². The molecule has 0 aliphatic carbocycles. The van der Waals surface area contributed by atoms with Gasteiger partial charge in [0.25, 0.3) is 0 Å². The van der Waals surface area contributed by atoms with Crippen molar-refractivity contribution in [3.05, 3.63) is 60.7 Å². The summed E-state index contributed by atoms with van der Waals surface area (Å²) in [6, 6.07) is 19.5. The average Bonchev–Trinajstić information content (AvgIpc) is 3.32. The molecule has 3 atom stereocenters. The Hall–Kier alpha value is -3.18. The number of hydrogen-bond donors (Lipinski definition) is 3. The van der Waals surface area contributed by atoms with Gasteiger partial charge in [0.05, 0.1) is 29.5 Å². The Balaban J connectivity index is 1.49. The van der Waals surface area contributed by atoms with Crippen molar-refractivity contribution in [2.45, 2.75) is 58.8 Å². The van der Waals surface area contributed by atoms with Crippen LogP contribution in [0.1, 0.15) is 34.1 Å². The summed E-state index contributed by atoms with van der Waals surface area (Å²) in [5, 5.41) is 27.0.